The zero-order valence-electron chi connectivity index (χ0n) is 16.5. The zero-order chi connectivity index (χ0) is 20.4. The summed E-state index contributed by atoms with van der Waals surface area (Å²) >= 11 is 0. The topological polar surface area (TPSA) is 91.9 Å². The van der Waals surface area contributed by atoms with Gasteiger partial charge in [0.1, 0.15) is 0 Å². The number of rotatable bonds is 6. The van der Waals surface area contributed by atoms with Crippen molar-refractivity contribution >= 4 is 11.4 Å². The molecule has 0 bridgehead atoms. The Morgan fingerprint density at radius 2 is 1.90 bits per heavy atom. The van der Waals surface area contributed by atoms with Crippen LogP contribution >= 0.6 is 0 Å². The Morgan fingerprint density at radius 3 is 2.62 bits per heavy atom. The number of likely N-dealkylation sites (tertiary alicyclic amines) is 1. The summed E-state index contributed by atoms with van der Waals surface area (Å²) in [5, 5.41) is 29.0. The Kier molecular flexibility index (Phi) is 5.48. The van der Waals surface area contributed by atoms with E-state index in [1.165, 1.54) is 0 Å². The summed E-state index contributed by atoms with van der Waals surface area (Å²) in [5.41, 5.74) is 3.08. The average Bonchev–Trinajstić information content (AvgIpc) is 3.38. The summed E-state index contributed by atoms with van der Waals surface area (Å²) < 4.78 is 5.95. The van der Waals surface area contributed by atoms with Crippen LogP contribution < -0.4 is 10.1 Å². The van der Waals surface area contributed by atoms with Crippen LogP contribution in [0.5, 0.6) is 0 Å². The molecule has 2 heterocycles. The molecule has 1 saturated heterocycles. The van der Waals surface area contributed by atoms with Gasteiger partial charge in [0.15, 0.2) is 0 Å². The van der Waals surface area contributed by atoms with E-state index in [4.69, 9.17) is 4.42 Å². The second kappa shape index (κ2) is 8.20. The molecule has 0 amide bonds. The lowest BCUT2D eigenvalue weighted by Gasteiger charge is -2.26. The largest absolute Gasteiger partial charge is 0.733 e. The van der Waals surface area contributed by atoms with Crippen LogP contribution in [0.25, 0.3) is 11.5 Å². The van der Waals surface area contributed by atoms with E-state index in [1.807, 2.05) is 55.4 Å². The van der Waals surface area contributed by atoms with Crippen LogP contribution in [-0.4, -0.2) is 47.5 Å². The monoisotopic (exact) mass is 394 g/mol. The van der Waals surface area contributed by atoms with Crippen molar-refractivity contribution in [2.24, 2.45) is 0 Å². The van der Waals surface area contributed by atoms with E-state index in [0.29, 0.717) is 18.3 Å². The third kappa shape index (κ3) is 4.24. The van der Waals surface area contributed by atoms with Crippen molar-refractivity contribution in [1.29, 1.82) is 0 Å². The molecule has 0 spiro atoms. The highest BCUT2D eigenvalue weighted by Crippen LogP contribution is 2.31. The lowest BCUT2D eigenvalue weighted by molar-refractivity contribution is 0.289. The number of anilines is 2. The third-order valence-corrected chi connectivity index (χ3v) is 5.28. The molecule has 1 unspecified atom stereocenters. The Morgan fingerprint density at radius 1 is 1.14 bits per heavy atom. The minimum atomic E-state index is -0.0747. The van der Waals surface area contributed by atoms with E-state index in [0.717, 1.165) is 36.3 Å². The SMILES string of the molecule is CN(C)c1ccc(-c2nnc(C3CCN(Cc4ccccc4N([O-])O)C3)o2)cc1. The van der Waals surface area contributed by atoms with Gasteiger partial charge in [0.05, 0.1) is 11.6 Å². The third-order valence-electron chi connectivity index (χ3n) is 5.28. The molecule has 2 aromatic carbocycles. The van der Waals surface area contributed by atoms with Gasteiger partial charge in [-0.2, -0.15) is 0 Å². The fourth-order valence-corrected chi connectivity index (χ4v) is 3.67. The predicted octanol–water partition coefficient (Wildman–Crippen LogP) is 3.49. The lowest BCUT2D eigenvalue weighted by atomic mass is 10.1. The molecule has 8 heteroatoms. The molecule has 0 aliphatic carbocycles. The molecule has 0 saturated carbocycles. The number of para-hydroxylation sites is 1. The van der Waals surface area contributed by atoms with Crippen molar-refractivity contribution in [1.82, 2.24) is 15.1 Å². The van der Waals surface area contributed by atoms with Gasteiger partial charge in [0, 0.05) is 38.4 Å². The molecule has 1 aliphatic rings. The molecule has 152 valence electrons. The quantitative estimate of drug-likeness (QED) is 0.635. The molecule has 1 fully saturated rings. The van der Waals surface area contributed by atoms with Crippen molar-refractivity contribution < 1.29 is 9.62 Å². The molecule has 8 nitrogen and oxygen atoms in total. The molecular formula is C21H24N5O3-. The van der Waals surface area contributed by atoms with Crippen molar-refractivity contribution in [2.45, 2.75) is 18.9 Å². The molecular weight excluding hydrogens is 370 g/mol. The fraction of sp³-hybridized carbons (Fsp3) is 0.333. The Hall–Kier alpha value is -2.94. The molecule has 4 rings (SSSR count). The highest BCUT2D eigenvalue weighted by Gasteiger charge is 2.28. The molecule has 1 aromatic heterocycles. The van der Waals surface area contributed by atoms with Crippen LogP contribution in [0.15, 0.2) is 52.9 Å². The zero-order valence-corrected chi connectivity index (χ0v) is 16.5. The van der Waals surface area contributed by atoms with Gasteiger partial charge in [-0.25, -0.2) is 0 Å². The highest BCUT2D eigenvalue weighted by atomic mass is 16.8. The number of hydrogen-bond donors (Lipinski definition) is 1. The maximum Gasteiger partial charge on any atom is 0.247 e. The van der Waals surface area contributed by atoms with Crippen molar-refractivity contribution in [2.75, 3.05) is 37.3 Å². The van der Waals surface area contributed by atoms with E-state index in [9.17, 15) is 10.4 Å². The van der Waals surface area contributed by atoms with Gasteiger partial charge in [-0.3, -0.25) is 10.1 Å². The first-order chi connectivity index (χ1) is 14.0. The minimum absolute atomic E-state index is 0.0747. The highest BCUT2D eigenvalue weighted by molar-refractivity contribution is 5.58. The first kappa shape index (κ1) is 19.4. The van der Waals surface area contributed by atoms with E-state index >= 15 is 0 Å². The van der Waals surface area contributed by atoms with Crippen LogP contribution in [0.2, 0.25) is 0 Å². The molecule has 1 atom stereocenters. The van der Waals surface area contributed by atoms with E-state index in [1.54, 1.807) is 12.1 Å². The summed E-state index contributed by atoms with van der Waals surface area (Å²) in [5.74, 6) is 1.32. The second-order valence-electron chi connectivity index (χ2n) is 7.51. The minimum Gasteiger partial charge on any atom is -0.733 e. The number of nitrogens with zero attached hydrogens (tertiary/aromatic N) is 5. The predicted molar refractivity (Wildman–Crippen MR) is 111 cm³/mol. The van der Waals surface area contributed by atoms with Crippen LogP contribution in [0.1, 0.15) is 23.8 Å². The first-order valence-electron chi connectivity index (χ1n) is 9.59. The number of hydrogen-bond acceptors (Lipinski definition) is 8. The van der Waals surface area contributed by atoms with Gasteiger partial charge in [-0.1, -0.05) is 18.2 Å². The lowest BCUT2D eigenvalue weighted by Crippen LogP contribution is -2.21. The number of benzene rings is 2. The van der Waals surface area contributed by atoms with Gasteiger partial charge in [0.25, 0.3) is 0 Å². The van der Waals surface area contributed by atoms with Crippen molar-refractivity contribution in [3.05, 3.63) is 65.2 Å². The maximum atomic E-state index is 11.3. The second-order valence-corrected chi connectivity index (χ2v) is 7.51. The maximum absolute atomic E-state index is 11.3. The van der Waals surface area contributed by atoms with Crippen LogP contribution in [0, 0.1) is 5.21 Å². The van der Waals surface area contributed by atoms with Crippen LogP contribution in [-0.2, 0) is 6.54 Å². The fourth-order valence-electron chi connectivity index (χ4n) is 3.67. The molecule has 1 N–H and O–H groups in total. The number of aromatic nitrogens is 2. The van der Waals surface area contributed by atoms with Gasteiger partial charge in [-0.15, -0.1) is 10.2 Å². The molecule has 0 radical (unpaired) electrons. The smallest absolute Gasteiger partial charge is 0.247 e. The molecule has 29 heavy (non-hydrogen) atoms. The van der Waals surface area contributed by atoms with Crippen LogP contribution in [0.4, 0.5) is 11.4 Å². The van der Waals surface area contributed by atoms with E-state index < -0.39 is 0 Å². The molecule has 3 aromatic rings. The van der Waals surface area contributed by atoms with Gasteiger partial charge < -0.3 is 19.8 Å². The first-order valence-corrected chi connectivity index (χ1v) is 9.59. The van der Waals surface area contributed by atoms with E-state index in [2.05, 4.69) is 15.1 Å². The normalized spacial score (nSPS) is 16.9. The molecule has 1 aliphatic heterocycles. The Bertz CT molecular complexity index is 955. The average molecular weight is 394 g/mol. The summed E-state index contributed by atoms with van der Waals surface area (Å²) in [6.07, 6.45) is 0.906. The van der Waals surface area contributed by atoms with Crippen molar-refractivity contribution in [3.8, 4) is 11.5 Å². The van der Waals surface area contributed by atoms with E-state index in [-0.39, 0.29) is 16.8 Å². The Labute approximate surface area is 169 Å². The summed E-state index contributed by atoms with van der Waals surface area (Å²) in [7, 11) is 4.00. The van der Waals surface area contributed by atoms with Gasteiger partial charge in [0.2, 0.25) is 11.8 Å². The Balaban J connectivity index is 1.42. The summed E-state index contributed by atoms with van der Waals surface area (Å²) in [6.45, 7) is 2.21. The van der Waals surface area contributed by atoms with Gasteiger partial charge >= 0.3 is 0 Å². The summed E-state index contributed by atoms with van der Waals surface area (Å²) in [4.78, 5) is 4.26. The standard InChI is InChI=1S/C21H24N5O3/c1-24(2)18-9-7-15(8-10-18)20-22-23-21(29-20)17-11-12-25(14-17)13-16-5-3-4-6-19(16)26(27)28/h3-10,17,27H,11-14H2,1-2H3/q-1. The summed E-state index contributed by atoms with van der Waals surface area (Å²) in [6, 6.07) is 15.1. The van der Waals surface area contributed by atoms with Crippen molar-refractivity contribution in [3.63, 3.8) is 0 Å². The van der Waals surface area contributed by atoms with Crippen LogP contribution in [0.3, 0.4) is 0 Å². The van der Waals surface area contributed by atoms with Gasteiger partial charge in [-0.05, 0) is 48.9 Å².